The molecule has 16 heavy (non-hydrogen) atoms. The predicted molar refractivity (Wildman–Crippen MR) is 66.0 cm³/mol. The smallest absolute Gasteiger partial charge is 0.249 e. The van der Waals surface area contributed by atoms with Crippen LogP contribution in [0.2, 0.25) is 0 Å². The second kappa shape index (κ2) is 4.81. The van der Waals surface area contributed by atoms with Crippen molar-refractivity contribution in [3.63, 3.8) is 0 Å². The maximum absolute atomic E-state index is 8.84. The van der Waals surface area contributed by atoms with Crippen molar-refractivity contribution in [2.45, 2.75) is 13.3 Å². The Morgan fingerprint density at radius 3 is 2.62 bits per heavy atom. The summed E-state index contributed by atoms with van der Waals surface area (Å²) in [6.07, 6.45) is 3.91. The third-order valence-electron chi connectivity index (χ3n) is 2.33. The maximum Gasteiger partial charge on any atom is 0.249 e. The standard InChI is InChI=1S/C12H13N3O/c1-9-8-10(4-7-16)2-3-11(9)15-12-13-5-6-14-12/h2-3,5-6,8,16H,4,7H2,1H3. The van der Waals surface area contributed by atoms with Crippen molar-refractivity contribution in [1.29, 1.82) is 0 Å². The lowest BCUT2D eigenvalue weighted by Crippen LogP contribution is -1.91. The van der Waals surface area contributed by atoms with Crippen LogP contribution in [-0.2, 0) is 6.42 Å². The molecule has 1 aromatic carbocycles. The van der Waals surface area contributed by atoms with Crippen molar-refractivity contribution >= 4 is 24.1 Å². The van der Waals surface area contributed by atoms with Crippen LogP contribution in [0.25, 0.3) is 0 Å². The average molecular weight is 215 g/mol. The Morgan fingerprint density at radius 1 is 1.25 bits per heavy atom. The fourth-order valence-corrected chi connectivity index (χ4v) is 1.53. The minimum absolute atomic E-state index is 0.169. The van der Waals surface area contributed by atoms with Gasteiger partial charge in [-0.3, -0.25) is 0 Å². The highest BCUT2D eigenvalue weighted by molar-refractivity contribution is 6.26. The van der Waals surface area contributed by atoms with Gasteiger partial charge < -0.3 is 5.11 Å². The number of nitrogens with zero attached hydrogens (tertiary/aromatic N) is 3. The molecule has 0 fully saturated rings. The van der Waals surface area contributed by atoms with E-state index in [1.54, 1.807) is 12.4 Å². The van der Waals surface area contributed by atoms with E-state index >= 15 is 0 Å². The summed E-state index contributed by atoms with van der Waals surface area (Å²) in [5.41, 5.74) is 3.05. The van der Waals surface area contributed by atoms with Gasteiger partial charge in [0.25, 0.3) is 0 Å². The van der Waals surface area contributed by atoms with Gasteiger partial charge in [0.1, 0.15) is 0 Å². The van der Waals surface area contributed by atoms with Crippen molar-refractivity contribution in [3.05, 3.63) is 29.3 Å². The van der Waals surface area contributed by atoms with E-state index in [-0.39, 0.29) is 6.61 Å². The molecule has 0 unspecified atom stereocenters. The molecule has 0 aromatic heterocycles. The summed E-state index contributed by atoms with van der Waals surface area (Å²) in [6, 6.07) is 5.92. The van der Waals surface area contributed by atoms with Crippen LogP contribution in [-0.4, -0.2) is 30.1 Å². The van der Waals surface area contributed by atoms with Crippen LogP contribution in [0.4, 0.5) is 5.69 Å². The fraction of sp³-hybridized carbons (Fsp3) is 0.250. The first kappa shape index (κ1) is 10.7. The van der Waals surface area contributed by atoms with Crippen LogP contribution in [0.5, 0.6) is 0 Å². The molecule has 1 aliphatic heterocycles. The summed E-state index contributed by atoms with van der Waals surface area (Å²) >= 11 is 0. The van der Waals surface area contributed by atoms with Crippen molar-refractivity contribution in [1.82, 2.24) is 0 Å². The monoisotopic (exact) mass is 215 g/mol. The van der Waals surface area contributed by atoms with E-state index in [1.807, 2.05) is 25.1 Å². The van der Waals surface area contributed by atoms with E-state index in [2.05, 4.69) is 15.0 Å². The maximum atomic E-state index is 8.84. The van der Waals surface area contributed by atoms with E-state index in [0.717, 1.165) is 16.8 Å². The molecule has 1 N–H and O–H groups in total. The summed E-state index contributed by atoms with van der Waals surface area (Å²) in [4.78, 5) is 12.3. The fourth-order valence-electron chi connectivity index (χ4n) is 1.53. The van der Waals surface area contributed by atoms with Crippen molar-refractivity contribution < 1.29 is 5.11 Å². The van der Waals surface area contributed by atoms with Gasteiger partial charge in [-0.05, 0) is 30.5 Å². The molecular formula is C12H13N3O. The van der Waals surface area contributed by atoms with Gasteiger partial charge in [0, 0.05) is 19.0 Å². The molecule has 0 amide bonds. The number of guanidine groups is 1. The Balaban J connectivity index is 2.26. The molecule has 4 heteroatoms. The number of aliphatic hydroxyl groups is 1. The largest absolute Gasteiger partial charge is 0.396 e. The number of aliphatic imine (C=N–C) groups is 3. The number of hydrogen-bond acceptors (Lipinski definition) is 2. The van der Waals surface area contributed by atoms with Gasteiger partial charge in [0.05, 0.1) is 5.69 Å². The van der Waals surface area contributed by atoms with Crippen LogP contribution in [0.3, 0.4) is 0 Å². The molecule has 0 radical (unpaired) electrons. The molecule has 0 atom stereocenters. The molecule has 1 aliphatic rings. The summed E-state index contributed by atoms with van der Waals surface area (Å²) in [5, 5.41) is 8.84. The van der Waals surface area contributed by atoms with E-state index < -0.39 is 0 Å². The Labute approximate surface area is 94.1 Å². The quantitative estimate of drug-likeness (QED) is 0.819. The molecular weight excluding hydrogens is 202 g/mol. The number of aryl methyl sites for hydroxylation is 1. The topological polar surface area (TPSA) is 57.3 Å². The summed E-state index contributed by atoms with van der Waals surface area (Å²) in [6.45, 7) is 2.16. The lowest BCUT2D eigenvalue weighted by molar-refractivity contribution is 0.299. The molecule has 2 rings (SSSR count). The first-order valence-corrected chi connectivity index (χ1v) is 5.15. The van der Waals surface area contributed by atoms with Gasteiger partial charge >= 0.3 is 0 Å². The molecule has 4 nitrogen and oxygen atoms in total. The molecule has 0 spiro atoms. The van der Waals surface area contributed by atoms with Gasteiger partial charge in [0.2, 0.25) is 5.96 Å². The number of aliphatic hydroxyl groups excluding tert-OH is 1. The number of rotatable bonds is 3. The first-order chi connectivity index (χ1) is 7.79. The molecule has 0 aliphatic carbocycles. The molecule has 82 valence electrons. The van der Waals surface area contributed by atoms with Crippen LogP contribution in [0.15, 0.2) is 33.2 Å². The summed E-state index contributed by atoms with van der Waals surface area (Å²) in [5.74, 6) is 0.484. The summed E-state index contributed by atoms with van der Waals surface area (Å²) < 4.78 is 0. The zero-order valence-electron chi connectivity index (χ0n) is 9.09. The average Bonchev–Trinajstić information content (AvgIpc) is 2.75. The lowest BCUT2D eigenvalue weighted by atomic mass is 10.1. The van der Waals surface area contributed by atoms with Crippen molar-refractivity contribution in [2.24, 2.45) is 15.0 Å². The number of benzene rings is 1. The van der Waals surface area contributed by atoms with Gasteiger partial charge in [-0.1, -0.05) is 12.1 Å². The highest BCUT2D eigenvalue weighted by Crippen LogP contribution is 2.20. The highest BCUT2D eigenvalue weighted by atomic mass is 16.2. The second-order valence-electron chi connectivity index (χ2n) is 3.56. The minimum atomic E-state index is 0.169. The third kappa shape index (κ3) is 2.41. The molecule has 0 saturated heterocycles. The third-order valence-corrected chi connectivity index (χ3v) is 2.33. The second-order valence-corrected chi connectivity index (χ2v) is 3.56. The molecule has 0 bridgehead atoms. The van der Waals surface area contributed by atoms with Gasteiger partial charge in [0.15, 0.2) is 0 Å². The normalized spacial score (nSPS) is 13.5. The van der Waals surface area contributed by atoms with Gasteiger partial charge in [-0.2, -0.15) is 0 Å². The molecule has 1 aromatic rings. The van der Waals surface area contributed by atoms with Crippen LogP contribution >= 0.6 is 0 Å². The first-order valence-electron chi connectivity index (χ1n) is 5.15. The van der Waals surface area contributed by atoms with Gasteiger partial charge in [-0.15, -0.1) is 0 Å². The van der Waals surface area contributed by atoms with Crippen LogP contribution < -0.4 is 0 Å². The van der Waals surface area contributed by atoms with E-state index in [4.69, 9.17) is 5.11 Å². The number of hydrogen-bond donors (Lipinski definition) is 1. The van der Waals surface area contributed by atoms with Crippen LogP contribution in [0, 0.1) is 6.92 Å². The van der Waals surface area contributed by atoms with Crippen molar-refractivity contribution in [3.8, 4) is 0 Å². The zero-order chi connectivity index (χ0) is 11.4. The van der Waals surface area contributed by atoms with Gasteiger partial charge in [-0.25, -0.2) is 15.0 Å². The van der Waals surface area contributed by atoms with E-state index in [9.17, 15) is 0 Å². The summed E-state index contributed by atoms with van der Waals surface area (Å²) in [7, 11) is 0. The minimum Gasteiger partial charge on any atom is -0.396 e. The zero-order valence-corrected chi connectivity index (χ0v) is 9.09. The predicted octanol–water partition coefficient (Wildman–Crippen LogP) is 1.67. The van der Waals surface area contributed by atoms with Crippen molar-refractivity contribution in [2.75, 3.05) is 6.61 Å². The Kier molecular flexibility index (Phi) is 3.22. The Morgan fingerprint density at radius 2 is 2.00 bits per heavy atom. The Hall–Kier alpha value is -1.81. The van der Waals surface area contributed by atoms with E-state index in [1.165, 1.54) is 0 Å². The lowest BCUT2D eigenvalue weighted by Gasteiger charge is -2.03. The van der Waals surface area contributed by atoms with Crippen LogP contribution in [0.1, 0.15) is 11.1 Å². The SMILES string of the molecule is Cc1cc(CCO)ccc1N=C1N=CC=N1. The molecule has 0 saturated carbocycles. The van der Waals surface area contributed by atoms with E-state index in [0.29, 0.717) is 12.4 Å². The highest BCUT2D eigenvalue weighted by Gasteiger charge is 2.02. The Bertz CT molecular complexity index is 461. The molecule has 1 heterocycles.